The second-order valence-corrected chi connectivity index (χ2v) is 16.7. The molecule has 0 saturated carbocycles. The van der Waals surface area contributed by atoms with Crippen molar-refractivity contribution in [2.75, 3.05) is 50.3 Å². The van der Waals surface area contributed by atoms with E-state index in [2.05, 4.69) is 41.0 Å². The number of rotatable bonds is 11. The highest BCUT2D eigenvalue weighted by molar-refractivity contribution is 6.30. The Labute approximate surface area is 384 Å². The molecule has 0 spiro atoms. The van der Waals surface area contributed by atoms with Crippen molar-refractivity contribution in [1.82, 2.24) is 30.4 Å². The van der Waals surface area contributed by atoms with Gasteiger partial charge in [-0.3, -0.25) is 19.6 Å². The summed E-state index contributed by atoms with van der Waals surface area (Å²) in [6, 6.07) is 15.3. The van der Waals surface area contributed by atoms with Crippen molar-refractivity contribution in [2.45, 2.75) is 50.9 Å². The van der Waals surface area contributed by atoms with Gasteiger partial charge in [0.15, 0.2) is 5.15 Å². The van der Waals surface area contributed by atoms with Crippen LogP contribution in [0.2, 0.25) is 5.15 Å². The Morgan fingerprint density at radius 1 is 0.687 bits per heavy atom. The number of hydrogen-bond donors (Lipinski definition) is 3. The summed E-state index contributed by atoms with van der Waals surface area (Å²) in [4.78, 5) is 33.7. The van der Waals surface area contributed by atoms with Crippen molar-refractivity contribution in [3.8, 4) is 28.4 Å². The Kier molecular flexibility index (Phi) is 13.9. The maximum Gasteiger partial charge on any atom is 0.416 e. The number of anilines is 2. The number of carbonyl (C=O) groups is 2. The largest absolute Gasteiger partial charge is 0.474 e. The number of pyridine rings is 2. The van der Waals surface area contributed by atoms with Crippen LogP contribution in [0.15, 0.2) is 85.2 Å². The standard InChI is InChI=1S/C24H23F3N4O4.C22H18ClF3N4O2/c1-14-18(20-10-19(23(2)12-34-13-23)22(31-30-20)35-7-6-32)9-17(11-28-14)29-21(33)15-4-3-5-16(8-15)24(25,26)27;1-12-16(18-8-17(19(23)30-29-18)21(2)10-32-11-21)7-15(9-27-12)28-20(31)13-4-3-5-14(6-13)22(24,25)26/h3-5,8-11,32H,6-7,12-13H2,1-2H3,(H,29,33);3-9H,10-11H2,1-2H3,(H,28,31). The molecule has 2 saturated heterocycles. The number of aryl methyl sites for hydroxylation is 2. The first-order chi connectivity index (χ1) is 31.7. The molecule has 67 heavy (non-hydrogen) atoms. The minimum absolute atomic E-state index is 0.0651. The van der Waals surface area contributed by atoms with E-state index in [0.29, 0.717) is 77.1 Å². The molecule has 0 atom stereocenters. The minimum atomic E-state index is -4.56. The lowest BCUT2D eigenvalue weighted by atomic mass is 9.81. The Hall–Kier alpha value is -6.61. The van der Waals surface area contributed by atoms with Gasteiger partial charge in [-0.05, 0) is 74.5 Å². The Morgan fingerprint density at radius 2 is 1.13 bits per heavy atom. The van der Waals surface area contributed by atoms with Gasteiger partial charge >= 0.3 is 12.4 Å². The lowest BCUT2D eigenvalue weighted by Gasteiger charge is -2.38. The highest BCUT2D eigenvalue weighted by Crippen LogP contribution is 2.40. The molecule has 2 aliphatic heterocycles. The van der Waals surface area contributed by atoms with Gasteiger partial charge in [0.1, 0.15) is 6.61 Å². The van der Waals surface area contributed by atoms with E-state index in [-0.39, 0.29) is 40.9 Å². The number of halogens is 7. The van der Waals surface area contributed by atoms with Crippen molar-refractivity contribution in [1.29, 1.82) is 0 Å². The fraction of sp³-hybridized carbons (Fsp3) is 0.304. The van der Waals surface area contributed by atoms with Gasteiger partial charge < -0.3 is 30.0 Å². The third-order valence-corrected chi connectivity index (χ3v) is 11.2. The number of aliphatic hydroxyl groups is 1. The summed E-state index contributed by atoms with van der Waals surface area (Å²) < 4.78 is 94.1. The normalized spacial score (nSPS) is 15.0. The predicted octanol–water partition coefficient (Wildman–Crippen LogP) is 8.84. The van der Waals surface area contributed by atoms with E-state index < -0.39 is 35.3 Å². The average Bonchev–Trinajstić information content (AvgIpc) is 3.28. The molecule has 6 heterocycles. The van der Waals surface area contributed by atoms with Crippen LogP contribution in [0.4, 0.5) is 37.7 Å². The number of nitrogens with zero attached hydrogens (tertiary/aromatic N) is 6. The summed E-state index contributed by atoms with van der Waals surface area (Å²) in [5.74, 6) is -1.09. The third-order valence-electron chi connectivity index (χ3n) is 11.0. The number of hydrogen-bond acceptors (Lipinski definition) is 12. The zero-order chi connectivity index (χ0) is 48.3. The van der Waals surface area contributed by atoms with Crippen LogP contribution in [0.25, 0.3) is 22.5 Å². The molecular formula is C46H41ClF6N8O6. The molecule has 2 aromatic carbocycles. The molecule has 14 nitrogen and oxygen atoms in total. The molecule has 2 aliphatic rings. The molecule has 0 unspecified atom stereocenters. The highest BCUT2D eigenvalue weighted by atomic mass is 35.5. The van der Waals surface area contributed by atoms with Crippen LogP contribution in [0.5, 0.6) is 5.88 Å². The van der Waals surface area contributed by atoms with E-state index in [4.69, 9.17) is 30.9 Å². The fourth-order valence-electron chi connectivity index (χ4n) is 7.05. The number of benzene rings is 2. The van der Waals surface area contributed by atoms with Gasteiger partial charge in [0, 0.05) is 55.6 Å². The number of amides is 2. The molecule has 0 bridgehead atoms. The van der Waals surface area contributed by atoms with Gasteiger partial charge in [0.05, 0.1) is 79.3 Å². The molecule has 8 rings (SSSR count). The van der Waals surface area contributed by atoms with Gasteiger partial charge in [0.2, 0.25) is 5.88 Å². The van der Waals surface area contributed by atoms with Gasteiger partial charge in [0.25, 0.3) is 11.8 Å². The van der Waals surface area contributed by atoms with Crippen molar-refractivity contribution in [3.05, 3.63) is 135 Å². The first-order valence-electron chi connectivity index (χ1n) is 20.4. The van der Waals surface area contributed by atoms with Gasteiger partial charge in [-0.1, -0.05) is 37.6 Å². The zero-order valence-corrected chi connectivity index (χ0v) is 36.9. The summed E-state index contributed by atoms with van der Waals surface area (Å²) >= 11 is 6.25. The lowest BCUT2D eigenvalue weighted by Crippen LogP contribution is -2.44. The second kappa shape index (κ2) is 19.3. The summed E-state index contributed by atoms with van der Waals surface area (Å²) in [7, 11) is 0. The van der Waals surface area contributed by atoms with E-state index in [9.17, 15) is 35.9 Å². The number of aromatic nitrogens is 6. The summed E-state index contributed by atoms with van der Waals surface area (Å²) in [6.45, 7) is 9.42. The lowest BCUT2D eigenvalue weighted by molar-refractivity contribution is -0.138. The summed E-state index contributed by atoms with van der Waals surface area (Å²) in [6.07, 6.45) is -6.25. The topological polar surface area (TPSA) is 183 Å². The Morgan fingerprint density at radius 3 is 1.57 bits per heavy atom. The molecular weight excluding hydrogens is 910 g/mol. The summed E-state index contributed by atoms with van der Waals surface area (Å²) in [5, 5.41) is 31.2. The Bertz CT molecular complexity index is 2820. The van der Waals surface area contributed by atoms with E-state index in [1.807, 2.05) is 26.0 Å². The molecule has 2 fully saturated rings. The maximum absolute atomic E-state index is 13.0. The molecule has 3 N–H and O–H groups in total. The van der Waals surface area contributed by atoms with E-state index in [1.54, 1.807) is 26.0 Å². The van der Waals surface area contributed by atoms with E-state index in [1.165, 1.54) is 36.7 Å². The van der Waals surface area contributed by atoms with E-state index in [0.717, 1.165) is 35.4 Å². The smallest absolute Gasteiger partial charge is 0.416 e. The van der Waals surface area contributed by atoms with Gasteiger partial charge in [-0.25, -0.2) is 0 Å². The van der Waals surface area contributed by atoms with Gasteiger partial charge in [-0.2, -0.15) is 26.3 Å². The van der Waals surface area contributed by atoms with Crippen LogP contribution >= 0.6 is 11.6 Å². The van der Waals surface area contributed by atoms with Crippen molar-refractivity contribution < 1.29 is 55.2 Å². The van der Waals surface area contributed by atoms with Crippen LogP contribution in [-0.4, -0.2) is 86.9 Å². The third kappa shape index (κ3) is 11.0. The highest BCUT2D eigenvalue weighted by Gasteiger charge is 2.40. The predicted molar refractivity (Wildman–Crippen MR) is 233 cm³/mol. The van der Waals surface area contributed by atoms with E-state index >= 15 is 0 Å². The molecule has 350 valence electrons. The van der Waals surface area contributed by atoms with Gasteiger partial charge in [-0.15, -0.1) is 20.4 Å². The molecule has 0 radical (unpaired) electrons. The molecule has 2 amide bonds. The van der Waals surface area contributed by atoms with Crippen LogP contribution in [0, 0.1) is 13.8 Å². The van der Waals surface area contributed by atoms with Crippen LogP contribution in [0.3, 0.4) is 0 Å². The van der Waals surface area contributed by atoms with Crippen molar-refractivity contribution >= 4 is 34.8 Å². The zero-order valence-electron chi connectivity index (χ0n) is 36.1. The quantitative estimate of drug-likeness (QED) is 0.105. The SMILES string of the molecule is Cc1ncc(NC(=O)c2cccc(C(F)(F)F)c2)cc1-c1cc(C2(C)COC2)c(Cl)nn1.Cc1ncc(NC(=O)c2cccc(C(F)(F)F)c2)cc1-c1cc(C2(C)COC2)c(OCCO)nn1. The molecule has 6 aromatic rings. The number of ether oxygens (including phenoxy) is 3. The molecule has 4 aromatic heterocycles. The first kappa shape index (κ1) is 48.3. The first-order valence-corrected chi connectivity index (χ1v) is 20.8. The average molecular weight is 951 g/mol. The maximum atomic E-state index is 13.0. The molecule has 21 heteroatoms. The molecule has 0 aliphatic carbocycles. The second-order valence-electron chi connectivity index (χ2n) is 16.3. The number of aliphatic hydroxyl groups excluding tert-OH is 1. The Balaban J connectivity index is 0.000000200. The number of carbonyl (C=O) groups excluding carboxylic acids is 2. The minimum Gasteiger partial charge on any atom is -0.474 e. The van der Waals surface area contributed by atoms with Crippen molar-refractivity contribution in [2.24, 2.45) is 0 Å². The monoisotopic (exact) mass is 950 g/mol. The fourth-order valence-corrected chi connectivity index (χ4v) is 7.37. The van der Waals surface area contributed by atoms with Crippen molar-refractivity contribution in [3.63, 3.8) is 0 Å². The summed E-state index contributed by atoms with van der Waals surface area (Å²) in [5.41, 5.74) is 2.93. The van der Waals surface area contributed by atoms with Crippen LogP contribution in [0.1, 0.15) is 68.2 Å². The van der Waals surface area contributed by atoms with Crippen LogP contribution in [-0.2, 0) is 32.7 Å². The number of nitrogens with one attached hydrogen (secondary N) is 2. The van der Waals surface area contributed by atoms with Crippen LogP contribution < -0.4 is 15.4 Å². The number of alkyl halides is 6.